The van der Waals surface area contributed by atoms with Gasteiger partial charge in [-0.25, -0.2) is 0 Å². The number of hydrogen-bond acceptors (Lipinski definition) is 6. The van der Waals surface area contributed by atoms with Crippen LogP contribution in [0, 0.1) is 17.8 Å². The van der Waals surface area contributed by atoms with E-state index in [0.717, 1.165) is 31.9 Å². The number of carbonyl (C=O) groups excluding carboxylic acids is 2. The molecule has 2 fully saturated rings. The Morgan fingerprint density at radius 2 is 2.03 bits per heavy atom. The number of oxime groups is 1. The van der Waals surface area contributed by atoms with Crippen LogP contribution in [0.15, 0.2) is 35.5 Å². The fourth-order valence-corrected chi connectivity index (χ4v) is 5.07. The number of hydrogen-bond donors (Lipinski definition) is 2. The molecular formula is C26H31ClN2O5. The standard InChI is InChI=1S/C26H31ClN2O5/c1-16-11-18-13-17(18)5-2-3-6-19(28-34-10-9-29-8-4-7-24(29)33)14-20-25(21(30)12-16)22(31)15-23(32)26(20)27/h2-3,5-6,15-18,31-32H,4,7-14H2,1H3/b5-2-,6-3+,28-19-/t16-,17-,18-/m1/s1. The summed E-state index contributed by atoms with van der Waals surface area (Å²) in [6.45, 7) is 3.48. The van der Waals surface area contributed by atoms with Crippen LogP contribution in [-0.4, -0.2) is 52.2 Å². The van der Waals surface area contributed by atoms with E-state index in [-0.39, 0.29) is 59.1 Å². The first kappa shape index (κ1) is 24.3. The predicted molar refractivity (Wildman–Crippen MR) is 130 cm³/mol. The maximum Gasteiger partial charge on any atom is 0.222 e. The molecule has 1 aromatic carbocycles. The molecule has 1 aliphatic heterocycles. The molecule has 3 aliphatic rings. The van der Waals surface area contributed by atoms with E-state index in [1.54, 1.807) is 11.0 Å². The van der Waals surface area contributed by atoms with Crippen LogP contribution in [0.4, 0.5) is 0 Å². The molecule has 1 saturated heterocycles. The number of carbonyl (C=O) groups is 2. The minimum Gasteiger partial charge on any atom is -0.507 e. The average molecular weight is 487 g/mol. The first-order chi connectivity index (χ1) is 16.3. The summed E-state index contributed by atoms with van der Waals surface area (Å²) in [5.74, 6) is 0.586. The van der Waals surface area contributed by atoms with Crippen LogP contribution in [0.5, 0.6) is 11.5 Å². The number of nitrogens with zero attached hydrogens (tertiary/aromatic N) is 2. The normalized spacial score (nSPS) is 28.2. The molecule has 0 aromatic heterocycles. The quantitative estimate of drug-likeness (QED) is 0.476. The minimum absolute atomic E-state index is 0.0162. The summed E-state index contributed by atoms with van der Waals surface area (Å²) >= 11 is 6.40. The zero-order valence-electron chi connectivity index (χ0n) is 19.4. The number of allylic oxidation sites excluding steroid dienone is 4. The van der Waals surface area contributed by atoms with Gasteiger partial charge in [-0.1, -0.05) is 41.9 Å². The third kappa shape index (κ3) is 5.81. The summed E-state index contributed by atoms with van der Waals surface area (Å²) in [4.78, 5) is 32.2. The molecule has 7 nitrogen and oxygen atoms in total. The van der Waals surface area contributed by atoms with Gasteiger partial charge >= 0.3 is 0 Å². The van der Waals surface area contributed by atoms with E-state index in [1.807, 2.05) is 19.1 Å². The van der Waals surface area contributed by atoms with Crippen molar-refractivity contribution in [1.82, 2.24) is 4.90 Å². The lowest BCUT2D eigenvalue weighted by Gasteiger charge is -2.17. The number of rotatable bonds is 4. The Bertz CT molecular complexity index is 1050. The molecule has 1 amide bonds. The van der Waals surface area contributed by atoms with E-state index >= 15 is 0 Å². The molecule has 1 heterocycles. The van der Waals surface area contributed by atoms with Crippen molar-refractivity contribution in [3.63, 3.8) is 0 Å². The van der Waals surface area contributed by atoms with Crippen LogP contribution in [0.25, 0.3) is 0 Å². The number of aromatic hydroxyl groups is 2. The third-order valence-corrected chi connectivity index (χ3v) is 7.16. The van der Waals surface area contributed by atoms with Crippen molar-refractivity contribution in [2.45, 2.75) is 45.4 Å². The number of halogens is 1. The van der Waals surface area contributed by atoms with Gasteiger partial charge in [0.15, 0.2) is 5.78 Å². The first-order valence-corrected chi connectivity index (χ1v) is 12.3. The van der Waals surface area contributed by atoms with Crippen LogP contribution >= 0.6 is 11.6 Å². The molecule has 0 spiro atoms. The third-order valence-electron chi connectivity index (χ3n) is 6.74. The van der Waals surface area contributed by atoms with E-state index < -0.39 is 0 Å². The van der Waals surface area contributed by atoms with Gasteiger partial charge in [0.1, 0.15) is 18.1 Å². The zero-order valence-corrected chi connectivity index (χ0v) is 20.1. The van der Waals surface area contributed by atoms with Gasteiger partial charge in [-0.05, 0) is 48.7 Å². The largest absolute Gasteiger partial charge is 0.507 e. The van der Waals surface area contributed by atoms with Gasteiger partial charge in [0, 0.05) is 31.9 Å². The smallest absolute Gasteiger partial charge is 0.222 e. The van der Waals surface area contributed by atoms with Crippen molar-refractivity contribution in [3.8, 4) is 11.5 Å². The van der Waals surface area contributed by atoms with Gasteiger partial charge in [0.05, 0.1) is 22.8 Å². The Hall–Kier alpha value is -2.80. The summed E-state index contributed by atoms with van der Waals surface area (Å²) in [6.07, 6.45) is 11.7. The highest BCUT2D eigenvalue weighted by atomic mass is 35.5. The number of benzene rings is 1. The van der Waals surface area contributed by atoms with Crippen LogP contribution in [0.2, 0.25) is 5.02 Å². The molecule has 2 N–H and O–H groups in total. The van der Waals surface area contributed by atoms with Crippen molar-refractivity contribution in [2.24, 2.45) is 22.9 Å². The van der Waals surface area contributed by atoms with Crippen molar-refractivity contribution in [1.29, 1.82) is 0 Å². The fraction of sp³-hybridized carbons (Fsp3) is 0.500. The van der Waals surface area contributed by atoms with Crippen LogP contribution in [0.1, 0.15) is 54.9 Å². The number of amides is 1. The Balaban J connectivity index is 1.61. The summed E-state index contributed by atoms with van der Waals surface area (Å²) in [7, 11) is 0. The highest BCUT2D eigenvalue weighted by Gasteiger charge is 2.36. The predicted octanol–water partition coefficient (Wildman–Crippen LogP) is 4.65. The van der Waals surface area contributed by atoms with Gasteiger partial charge in [0.2, 0.25) is 5.91 Å². The Kier molecular flexibility index (Phi) is 7.61. The van der Waals surface area contributed by atoms with E-state index in [2.05, 4.69) is 11.2 Å². The summed E-state index contributed by atoms with van der Waals surface area (Å²) < 4.78 is 0. The second-order valence-electron chi connectivity index (χ2n) is 9.53. The monoisotopic (exact) mass is 486 g/mol. The molecule has 0 bridgehead atoms. The molecule has 34 heavy (non-hydrogen) atoms. The molecule has 3 atom stereocenters. The van der Waals surface area contributed by atoms with E-state index in [0.29, 0.717) is 36.1 Å². The fourth-order valence-electron chi connectivity index (χ4n) is 4.85. The lowest BCUT2D eigenvalue weighted by Crippen LogP contribution is -2.28. The average Bonchev–Trinajstić information content (AvgIpc) is 3.38. The van der Waals surface area contributed by atoms with Crippen LogP contribution in [0.3, 0.4) is 0 Å². The van der Waals surface area contributed by atoms with Crippen molar-refractivity contribution < 1.29 is 24.6 Å². The SMILES string of the molecule is C[C@H]1CC(=O)c2c(O)cc(O)c(Cl)c2CC(=N\OCCN2CCCC2=O)/C=C/C=C\[C@@H]2C[C@H]2C1. The lowest BCUT2D eigenvalue weighted by molar-refractivity contribution is -0.128. The van der Waals surface area contributed by atoms with Gasteiger partial charge < -0.3 is 20.0 Å². The lowest BCUT2D eigenvalue weighted by atomic mass is 9.90. The van der Waals surface area contributed by atoms with Crippen molar-refractivity contribution >= 4 is 29.0 Å². The molecule has 4 rings (SSSR count). The second kappa shape index (κ2) is 10.6. The number of fused-ring (bicyclic) bond motifs is 2. The maximum absolute atomic E-state index is 13.2. The molecule has 8 heteroatoms. The number of ketones is 1. The van der Waals surface area contributed by atoms with E-state index in [4.69, 9.17) is 16.4 Å². The molecule has 1 saturated carbocycles. The highest BCUT2D eigenvalue weighted by molar-refractivity contribution is 6.33. The van der Waals surface area contributed by atoms with Gasteiger partial charge in [0.25, 0.3) is 0 Å². The van der Waals surface area contributed by atoms with Crippen LogP contribution in [-0.2, 0) is 16.1 Å². The zero-order chi connectivity index (χ0) is 24.2. The summed E-state index contributed by atoms with van der Waals surface area (Å²) in [5.41, 5.74) is 0.928. The van der Waals surface area contributed by atoms with Crippen molar-refractivity contribution in [2.75, 3.05) is 19.7 Å². The first-order valence-electron chi connectivity index (χ1n) is 11.9. The van der Waals surface area contributed by atoms with Gasteiger partial charge in [-0.15, -0.1) is 0 Å². The molecule has 2 aliphatic carbocycles. The molecular weight excluding hydrogens is 456 g/mol. The second-order valence-corrected chi connectivity index (χ2v) is 9.91. The summed E-state index contributed by atoms with van der Waals surface area (Å²) in [6, 6.07) is 1.11. The minimum atomic E-state index is -0.294. The van der Waals surface area contributed by atoms with Crippen LogP contribution < -0.4 is 0 Å². The number of phenolic OH excluding ortho intramolecular Hbond substituents is 2. The number of Topliss-reactive ketones (excluding diaryl/α,β-unsaturated/α-hetero) is 1. The maximum atomic E-state index is 13.2. The Labute approximate surface area is 204 Å². The van der Waals surface area contributed by atoms with E-state index in [1.165, 1.54) is 0 Å². The molecule has 0 radical (unpaired) electrons. The molecule has 1 aromatic rings. The van der Waals surface area contributed by atoms with Gasteiger partial charge in [-0.2, -0.15) is 0 Å². The number of likely N-dealkylation sites (tertiary alicyclic amines) is 1. The highest BCUT2D eigenvalue weighted by Crippen LogP contribution is 2.45. The van der Waals surface area contributed by atoms with Gasteiger partial charge in [-0.3, -0.25) is 9.59 Å². The Morgan fingerprint density at radius 1 is 1.21 bits per heavy atom. The van der Waals surface area contributed by atoms with Crippen molar-refractivity contribution in [3.05, 3.63) is 46.5 Å². The van der Waals surface area contributed by atoms with E-state index in [9.17, 15) is 19.8 Å². The molecule has 0 unspecified atom stereocenters. The summed E-state index contributed by atoms with van der Waals surface area (Å²) in [5, 5.41) is 25.0. The number of phenols is 2. The topological polar surface area (TPSA) is 99.4 Å². The molecule has 182 valence electrons. The Morgan fingerprint density at radius 3 is 2.79 bits per heavy atom.